The van der Waals surface area contributed by atoms with Crippen LogP contribution in [0.1, 0.15) is 25.3 Å². The number of benzene rings is 1. The summed E-state index contributed by atoms with van der Waals surface area (Å²) in [5, 5.41) is 11.9. The van der Waals surface area contributed by atoms with Crippen LogP contribution in [0, 0.1) is 6.92 Å². The molecule has 0 aliphatic rings. The molecule has 0 aliphatic carbocycles. The Morgan fingerprint density at radius 3 is 2.82 bits per heavy atom. The average Bonchev–Trinajstić information content (AvgIpc) is 2.28. The first-order valence-electron chi connectivity index (χ1n) is 5.65. The lowest BCUT2D eigenvalue weighted by Crippen LogP contribution is -2.14. The summed E-state index contributed by atoms with van der Waals surface area (Å²) in [6, 6.07) is 5.59. The second kappa shape index (κ2) is 6.25. The van der Waals surface area contributed by atoms with Crippen molar-refractivity contribution in [3.8, 4) is 5.75 Å². The molecule has 0 spiro atoms. The fraction of sp³-hybridized carbons (Fsp3) is 0.462. The van der Waals surface area contributed by atoms with E-state index in [9.17, 15) is 4.79 Å². The van der Waals surface area contributed by atoms with E-state index < -0.39 is 6.10 Å². The summed E-state index contributed by atoms with van der Waals surface area (Å²) in [4.78, 5) is 11.6. The van der Waals surface area contributed by atoms with Crippen LogP contribution in [0.25, 0.3) is 0 Å². The summed E-state index contributed by atoms with van der Waals surface area (Å²) in [6.45, 7) is 3.63. The molecule has 0 fully saturated rings. The predicted molar refractivity (Wildman–Crippen MR) is 67.3 cm³/mol. The molecule has 4 heteroatoms. The van der Waals surface area contributed by atoms with Crippen LogP contribution in [0.15, 0.2) is 18.2 Å². The highest BCUT2D eigenvalue weighted by Gasteiger charge is 2.08. The summed E-state index contributed by atoms with van der Waals surface area (Å²) in [5.41, 5.74) is 1.73. The third-order valence-electron chi connectivity index (χ3n) is 2.42. The van der Waals surface area contributed by atoms with Crippen LogP contribution in [-0.4, -0.2) is 24.2 Å². The first-order chi connectivity index (χ1) is 8.02. The molecule has 1 aromatic rings. The van der Waals surface area contributed by atoms with E-state index in [4.69, 9.17) is 9.84 Å². The lowest BCUT2D eigenvalue weighted by molar-refractivity contribution is -0.116. The van der Waals surface area contributed by atoms with Gasteiger partial charge in [-0.25, -0.2) is 0 Å². The number of carbonyl (C=O) groups excluding carboxylic acids is 1. The molecule has 1 aromatic carbocycles. The summed E-state index contributed by atoms with van der Waals surface area (Å²) < 4.78 is 5.19. The van der Waals surface area contributed by atoms with Gasteiger partial charge in [-0.1, -0.05) is 6.07 Å². The van der Waals surface area contributed by atoms with Gasteiger partial charge in [-0.15, -0.1) is 0 Å². The molecule has 1 atom stereocenters. The molecule has 2 N–H and O–H groups in total. The zero-order valence-corrected chi connectivity index (χ0v) is 10.5. The van der Waals surface area contributed by atoms with Crippen LogP contribution in [-0.2, 0) is 4.79 Å². The minimum Gasteiger partial charge on any atom is -0.495 e. The van der Waals surface area contributed by atoms with Crippen molar-refractivity contribution in [3.63, 3.8) is 0 Å². The smallest absolute Gasteiger partial charge is 0.224 e. The van der Waals surface area contributed by atoms with Crippen LogP contribution in [0.3, 0.4) is 0 Å². The van der Waals surface area contributed by atoms with E-state index >= 15 is 0 Å². The number of hydrogen-bond donors (Lipinski definition) is 2. The highest BCUT2D eigenvalue weighted by atomic mass is 16.5. The van der Waals surface area contributed by atoms with Gasteiger partial charge in [-0.05, 0) is 38.0 Å². The van der Waals surface area contributed by atoms with Crippen molar-refractivity contribution >= 4 is 11.6 Å². The average molecular weight is 237 g/mol. The van der Waals surface area contributed by atoms with Crippen LogP contribution in [0.2, 0.25) is 0 Å². The molecule has 4 nitrogen and oxygen atoms in total. The van der Waals surface area contributed by atoms with E-state index in [0.717, 1.165) is 5.56 Å². The second-order valence-corrected chi connectivity index (χ2v) is 4.14. The fourth-order valence-corrected chi connectivity index (χ4v) is 1.45. The Morgan fingerprint density at radius 2 is 2.24 bits per heavy atom. The van der Waals surface area contributed by atoms with Gasteiger partial charge in [0.05, 0.1) is 18.9 Å². The first-order valence-corrected chi connectivity index (χ1v) is 5.65. The fourth-order valence-electron chi connectivity index (χ4n) is 1.45. The number of carbonyl (C=O) groups is 1. The van der Waals surface area contributed by atoms with Gasteiger partial charge in [-0.2, -0.15) is 0 Å². The van der Waals surface area contributed by atoms with E-state index in [-0.39, 0.29) is 5.91 Å². The van der Waals surface area contributed by atoms with Crippen LogP contribution >= 0.6 is 0 Å². The van der Waals surface area contributed by atoms with E-state index in [1.807, 2.05) is 25.1 Å². The maximum absolute atomic E-state index is 11.6. The predicted octanol–water partition coefficient (Wildman–Crippen LogP) is 2.10. The second-order valence-electron chi connectivity index (χ2n) is 4.14. The number of amides is 1. The van der Waals surface area contributed by atoms with Crippen molar-refractivity contribution < 1.29 is 14.6 Å². The Morgan fingerprint density at radius 1 is 1.53 bits per heavy atom. The Bertz CT molecular complexity index is 388. The standard InChI is InChI=1S/C13H19NO3/c1-9-4-6-11(12(8-9)17-3)14-13(16)7-5-10(2)15/h4,6,8,10,15H,5,7H2,1-3H3,(H,14,16). The molecule has 1 amide bonds. The largest absolute Gasteiger partial charge is 0.495 e. The van der Waals surface area contributed by atoms with Crippen molar-refractivity contribution in [2.45, 2.75) is 32.8 Å². The summed E-state index contributed by atoms with van der Waals surface area (Å²) in [6.07, 6.45) is 0.301. The van der Waals surface area contributed by atoms with Gasteiger partial charge in [0.25, 0.3) is 0 Å². The highest BCUT2D eigenvalue weighted by Crippen LogP contribution is 2.25. The lowest BCUT2D eigenvalue weighted by atomic mass is 10.2. The molecule has 0 saturated carbocycles. The SMILES string of the molecule is COc1cc(C)ccc1NC(=O)CCC(C)O. The minimum absolute atomic E-state index is 0.118. The molecule has 17 heavy (non-hydrogen) atoms. The summed E-state index contributed by atoms with van der Waals surface area (Å²) in [5.74, 6) is 0.531. The number of anilines is 1. The molecule has 0 radical (unpaired) electrons. The van der Waals surface area contributed by atoms with Gasteiger partial charge >= 0.3 is 0 Å². The topological polar surface area (TPSA) is 58.6 Å². The Kier molecular flexibility index (Phi) is 4.97. The molecule has 0 heterocycles. The Balaban J connectivity index is 2.64. The number of methoxy groups -OCH3 is 1. The van der Waals surface area contributed by atoms with Gasteiger partial charge in [0.2, 0.25) is 5.91 Å². The number of aliphatic hydroxyl groups is 1. The molecule has 0 aliphatic heterocycles. The molecule has 0 saturated heterocycles. The maximum atomic E-state index is 11.6. The minimum atomic E-state index is -0.458. The van der Waals surface area contributed by atoms with Gasteiger partial charge in [0.1, 0.15) is 5.75 Å². The number of aryl methyl sites for hydroxylation is 1. The van der Waals surface area contributed by atoms with E-state index in [1.54, 1.807) is 14.0 Å². The number of nitrogens with one attached hydrogen (secondary N) is 1. The quantitative estimate of drug-likeness (QED) is 0.824. The normalized spacial score (nSPS) is 12.0. The van der Waals surface area contributed by atoms with Crippen molar-refractivity contribution in [2.24, 2.45) is 0 Å². The van der Waals surface area contributed by atoms with Crippen molar-refractivity contribution in [2.75, 3.05) is 12.4 Å². The third-order valence-corrected chi connectivity index (χ3v) is 2.42. The first kappa shape index (κ1) is 13.5. The van der Waals surface area contributed by atoms with Crippen LogP contribution in [0.5, 0.6) is 5.75 Å². The Hall–Kier alpha value is -1.55. The van der Waals surface area contributed by atoms with Crippen LogP contribution in [0.4, 0.5) is 5.69 Å². The van der Waals surface area contributed by atoms with Gasteiger partial charge in [0, 0.05) is 6.42 Å². The zero-order chi connectivity index (χ0) is 12.8. The number of rotatable bonds is 5. The number of ether oxygens (including phenoxy) is 1. The van der Waals surface area contributed by atoms with Crippen molar-refractivity contribution in [1.82, 2.24) is 0 Å². The highest BCUT2D eigenvalue weighted by molar-refractivity contribution is 5.92. The van der Waals surface area contributed by atoms with E-state index in [2.05, 4.69) is 5.32 Å². The lowest BCUT2D eigenvalue weighted by Gasteiger charge is -2.11. The molecule has 1 unspecified atom stereocenters. The Labute approximate surface area is 102 Å². The number of aliphatic hydroxyl groups excluding tert-OH is 1. The van der Waals surface area contributed by atoms with E-state index in [1.165, 1.54) is 0 Å². The molecular weight excluding hydrogens is 218 g/mol. The molecule has 0 bridgehead atoms. The molecular formula is C13H19NO3. The monoisotopic (exact) mass is 237 g/mol. The third kappa shape index (κ3) is 4.44. The zero-order valence-electron chi connectivity index (χ0n) is 10.5. The molecule has 94 valence electrons. The van der Waals surface area contributed by atoms with Gasteiger partial charge in [-0.3, -0.25) is 4.79 Å². The van der Waals surface area contributed by atoms with Gasteiger partial charge in [0.15, 0.2) is 0 Å². The van der Waals surface area contributed by atoms with E-state index in [0.29, 0.717) is 24.3 Å². The number of hydrogen-bond acceptors (Lipinski definition) is 3. The van der Waals surface area contributed by atoms with Crippen molar-refractivity contribution in [1.29, 1.82) is 0 Å². The van der Waals surface area contributed by atoms with Crippen molar-refractivity contribution in [3.05, 3.63) is 23.8 Å². The molecule has 1 rings (SSSR count). The molecule has 0 aromatic heterocycles. The van der Waals surface area contributed by atoms with Crippen LogP contribution < -0.4 is 10.1 Å². The summed E-state index contributed by atoms with van der Waals surface area (Å²) in [7, 11) is 1.57. The summed E-state index contributed by atoms with van der Waals surface area (Å²) >= 11 is 0. The van der Waals surface area contributed by atoms with Gasteiger partial charge < -0.3 is 15.2 Å². The maximum Gasteiger partial charge on any atom is 0.224 e.